The second kappa shape index (κ2) is 13.9. The van der Waals surface area contributed by atoms with Gasteiger partial charge in [-0.1, -0.05) is 98.8 Å². The van der Waals surface area contributed by atoms with Gasteiger partial charge in [-0.3, -0.25) is 4.79 Å². The highest BCUT2D eigenvalue weighted by Gasteiger charge is 2.28. The third-order valence-corrected chi connectivity index (χ3v) is 5.97. The number of rotatable bonds is 13. The van der Waals surface area contributed by atoms with E-state index in [9.17, 15) is 19.5 Å². The molecule has 3 amide bonds. The number of aliphatic carboxylic acids is 1. The van der Waals surface area contributed by atoms with Crippen LogP contribution < -0.4 is 11.1 Å². The molecule has 8 heteroatoms. The Morgan fingerprint density at radius 1 is 0.842 bits per heavy atom. The van der Waals surface area contributed by atoms with E-state index in [1.807, 2.05) is 98.8 Å². The summed E-state index contributed by atoms with van der Waals surface area (Å²) < 4.78 is 5.74. The summed E-state index contributed by atoms with van der Waals surface area (Å²) in [5.41, 5.74) is 9.28. The predicted octanol–water partition coefficient (Wildman–Crippen LogP) is 4.09. The smallest absolute Gasteiger partial charge is 0.326 e. The molecule has 0 spiro atoms. The van der Waals surface area contributed by atoms with Crippen LogP contribution in [0.4, 0.5) is 4.79 Å². The van der Waals surface area contributed by atoms with Crippen LogP contribution in [0, 0.1) is 5.92 Å². The van der Waals surface area contributed by atoms with Crippen molar-refractivity contribution in [2.45, 2.75) is 39.0 Å². The van der Waals surface area contributed by atoms with E-state index in [1.165, 1.54) is 4.90 Å². The quantitative estimate of drug-likeness (QED) is 0.315. The van der Waals surface area contributed by atoms with Crippen LogP contribution in [-0.2, 0) is 27.4 Å². The summed E-state index contributed by atoms with van der Waals surface area (Å²) in [6.45, 7) is 4.20. The first kappa shape index (κ1) is 28.4. The molecule has 0 bridgehead atoms. The van der Waals surface area contributed by atoms with Gasteiger partial charge >= 0.3 is 12.0 Å². The zero-order valence-electron chi connectivity index (χ0n) is 21.7. The van der Waals surface area contributed by atoms with Crippen molar-refractivity contribution in [3.63, 3.8) is 0 Å². The number of benzene rings is 3. The lowest BCUT2D eigenvalue weighted by Crippen LogP contribution is -2.53. The van der Waals surface area contributed by atoms with Crippen molar-refractivity contribution in [1.82, 2.24) is 10.2 Å². The van der Waals surface area contributed by atoms with Crippen molar-refractivity contribution in [2.75, 3.05) is 13.1 Å². The highest BCUT2D eigenvalue weighted by Crippen LogP contribution is 2.20. The summed E-state index contributed by atoms with van der Waals surface area (Å²) in [6, 6.07) is 25.0. The first-order valence-electron chi connectivity index (χ1n) is 12.6. The van der Waals surface area contributed by atoms with Gasteiger partial charge < -0.3 is 25.8 Å². The van der Waals surface area contributed by atoms with Crippen LogP contribution in [0.1, 0.15) is 25.0 Å². The summed E-state index contributed by atoms with van der Waals surface area (Å²) >= 11 is 0. The molecule has 0 aromatic heterocycles. The van der Waals surface area contributed by atoms with Gasteiger partial charge in [0.15, 0.2) is 6.10 Å². The minimum Gasteiger partial charge on any atom is -0.480 e. The molecule has 1 unspecified atom stereocenters. The Morgan fingerprint density at radius 2 is 1.42 bits per heavy atom. The molecule has 0 radical (unpaired) electrons. The van der Waals surface area contributed by atoms with Crippen molar-refractivity contribution in [3.05, 3.63) is 96.1 Å². The number of carbonyl (C=O) groups excluding carboxylic acids is 2. The van der Waals surface area contributed by atoms with E-state index >= 15 is 0 Å². The summed E-state index contributed by atoms with van der Waals surface area (Å²) in [6.07, 6.45) is -0.941. The summed E-state index contributed by atoms with van der Waals surface area (Å²) in [5, 5.41) is 12.4. The average molecular weight is 518 g/mol. The van der Waals surface area contributed by atoms with Crippen LogP contribution in [0.25, 0.3) is 11.1 Å². The van der Waals surface area contributed by atoms with E-state index in [4.69, 9.17) is 10.5 Å². The van der Waals surface area contributed by atoms with Crippen LogP contribution in [-0.4, -0.2) is 53.1 Å². The first-order chi connectivity index (χ1) is 18.2. The standard InChI is InChI=1S/C30H35N3O5/c1-21(2)18-33(19-27(28(31)34)38-20-23-9-5-3-6-10-23)30(37)32-26(29(35)36)17-22-13-15-25(16-14-22)24-11-7-4-8-12-24/h3-16,21,26-27H,17-20H2,1-2H3,(H2,31,34)(H,32,37)(H,35,36)/t26-,27?/m0/s1. The minimum absolute atomic E-state index is 0.0669. The maximum Gasteiger partial charge on any atom is 0.326 e. The van der Waals surface area contributed by atoms with Gasteiger partial charge in [-0.25, -0.2) is 9.59 Å². The van der Waals surface area contributed by atoms with E-state index in [1.54, 1.807) is 0 Å². The van der Waals surface area contributed by atoms with Crippen LogP contribution in [0.15, 0.2) is 84.9 Å². The lowest BCUT2D eigenvalue weighted by molar-refractivity contribution is -0.139. The first-order valence-corrected chi connectivity index (χ1v) is 12.6. The van der Waals surface area contributed by atoms with Crippen molar-refractivity contribution in [1.29, 1.82) is 0 Å². The van der Waals surface area contributed by atoms with Crippen molar-refractivity contribution in [2.24, 2.45) is 11.7 Å². The summed E-state index contributed by atoms with van der Waals surface area (Å²) in [4.78, 5) is 38.7. The van der Waals surface area contributed by atoms with Crippen LogP contribution in [0.3, 0.4) is 0 Å². The number of nitrogens with one attached hydrogen (secondary N) is 1. The SMILES string of the molecule is CC(C)CN(CC(OCc1ccccc1)C(N)=O)C(=O)N[C@@H](Cc1ccc(-c2ccccc2)cc1)C(=O)O. The fourth-order valence-corrected chi connectivity index (χ4v) is 4.02. The van der Waals surface area contributed by atoms with E-state index in [-0.39, 0.29) is 25.5 Å². The molecule has 38 heavy (non-hydrogen) atoms. The molecule has 200 valence electrons. The average Bonchev–Trinajstić information content (AvgIpc) is 2.91. The van der Waals surface area contributed by atoms with E-state index in [0.29, 0.717) is 6.54 Å². The van der Waals surface area contributed by atoms with Gasteiger partial charge in [0.2, 0.25) is 5.91 Å². The molecule has 8 nitrogen and oxygen atoms in total. The molecule has 2 atom stereocenters. The van der Waals surface area contributed by atoms with Gasteiger partial charge in [0.05, 0.1) is 13.2 Å². The zero-order valence-corrected chi connectivity index (χ0v) is 21.7. The Hall–Kier alpha value is -4.17. The molecule has 0 fully saturated rings. The maximum absolute atomic E-state index is 13.2. The molecule has 3 rings (SSSR count). The molecule has 0 aliphatic rings. The highest BCUT2D eigenvalue weighted by atomic mass is 16.5. The summed E-state index contributed by atoms with van der Waals surface area (Å²) in [5.74, 6) is -1.78. The summed E-state index contributed by atoms with van der Waals surface area (Å²) in [7, 11) is 0. The normalized spacial score (nSPS) is 12.5. The largest absolute Gasteiger partial charge is 0.480 e. The van der Waals surface area contributed by atoms with E-state index < -0.39 is 30.1 Å². The third-order valence-electron chi connectivity index (χ3n) is 5.97. The highest BCUT2D eigenvalue weighted by molar-refractivity contribution is 5.84. The number of carbonyl (C=O) groups is 3. The number of carboxylic acids is 1. The molecule has 0 saturated heterocycles. The predicted molar refractivity (Wildman–Crippen MR) is 146 cm³/mol. The number of urea groups is 1. The third kappa shape index (κ3) is 8.74. The molecular formula is C30H35N3O5. The van der Waals surface area contributed by atoms with Crippen molar-refractivity contribution < 1.29 is 24.2 Å². The Labute approximate surface area is 223 Å². The second-order valence-corrected chi connectivity index (χ2v) is 9.59. The fraction of sp³-hybridized carbons (Fsp3) is 0.300. The van der Waals surface area contributed by atoms with Gasteiger partial charge in [0.1, 0.15) is 6.04 Å². The van der Waals surface area contributed by atoms with Gasteiger partial charge in [-0.05, 0) is 28.2 Å². The molecular weight excluding hydrogens is 482 g/mol. The molecule has 4 N–H and O–H groups in total. The molecule has 0 aliphatic carbocycles. The Balaban J connectivity index is 1.67. The Morgan fingerprint density at radius 3 is 1.97 bits per heavy atom. The number of hydrogen-bond acceptors (Lipinski definition) is 4. The lowest BCUT2D eigenvalue weighted by Gasteiger charge is -2.29. The molecule has 0 saturated carbocycles. The molecule has 0 aliphatic heterocycles. The van der Waals surface area contributed by atoms with Crippen LogP contribution >= 0.6 is 0 Å². The molecule has 3 aromatic rings. The van der Waals surface area contributed by atoms with E-state index in [0.717, 1.165) is 22.3 Å². The number of nitrogens with zero attached hydrogens (tertiary/aromatic N) is 1. The molecule has 0 heterocycles. The fourth-order valence-electron chi connectivity index (χ4n) is 4.02. The van der Waals surface area contributed by atoms with Gasteiger partial charge in [0.25, 0.3) is 0 Å². The van der Waals surface area contributed by atoms with Crippen molar-refractivity contribution in [3.8, 4) is 11.1 Å². The minimum atomic E-state index is -1.16. The van der Waals surface area contributed by atoms with Crippen LogP contribution in [0.2, 0.25) is 0 Å². The van der Waals surface area contributed by atoms with E-state index in [2.05, 4.69) is 5.32 Å². The van der Waals surface area contributed by atoms with Crippen molar-refractivity contribution >= 4 is 17.9 Å². The number of primary amides is 1. The monoisotopic (exact) mass is 517 g/mol. The topological polar surface area (TPSA) is 122 Å². The van der Waals surface area contributed by atoms with Gasteiger partial charge in [0, 0.05) is 13.0 Å². The second-order valence-electron chi connectivity index (χ2n) is 9.59. The van der Waals surface area contributed by atoms with Gasteiger partial charge in [-0.15, -0.1) is 0 Å². The maximum atomic E-state index is 13.2. The van der Waals surface area contributed by atoms with Gasteiger partial charge in [-0.2, -0.15) is 0 Å². The zero-order chi connectivity index (χ0) is 27.5. The molecule has 3 aromatic carbocycles. The van der Waals surface area contributed by atoms with Crippen LogP contribution in [0.5, 0.6) is 0 Å². The number of hydrogen-bond donors (Lipinski definition) is 3. The number of ether oxygens (including phenoxy) is 1. The Kier molecular flexibility index (Phi) is 10.4. The Bertz CT molecular complexity index is 1180. The number of nitrogens with two attached hydrogens (primary N) is 1. The number of amides is 3. The lowest BCUT2D eigenvalue weighted by atomic mass is 10.0. The number of carboxylic acid groups (broad SMARTS) is 1.